The van der Waals surface area contributed by atoms with Gasteiger partial charge in [-0.2, -0.15) is 0 Å². The van der Waals surface area contributed by atoms with Crippen LogP contribution in [0.15, 0.2) is 70.7 Å². The summed E-state index contributed by atoms with van der Waals surface area (Å²) in [4.78, 5) is 48.6. The minimum Gasteiger partial charge on any atom is -0.465 e. The number of carbonyl (C=O) groups excluding carboxylic acids is 4. The van der Waals surface area contributed by atoms with Crippen molar-refractivity contribution in [2.24, 2.45) is 0 Å². The van der Waals surface area contributed by atoms with Crippen LogP contribution in [-0.2, 0) is 19.1 Å². The molecule has 0 atom stereocenters. The molecule has 9 heteroatoms. The van der Waals surface area contributed by atoms with Crippen LogP contribution in [0.2, 0.25) is 0 Å². The molecule has 2 heterocycles. The van der Waals surface area contributed by atoms with Gasteiger partial charge in [0, 0.05) is 5.56 Å². The summed E-state index contributed by atoms with van der Waals surface area (Å²) in [5, 5.41) is 1.08. The fourth-order valence-corrected chi connectivity index (χ4v) is 3.25. The third-order valence-corrected chi connectivity index (χ3v) is 4.92. The number of anilines is 1. The Hall–Kier alpha value is -4.66. The van der Waals surface area contributed by atoms with Crippen LogP contribution in [0.4, 0.5) is 5.69 Å². The summed E-state index contributed by atoms with van der Waals surface area (Å²) in [5.41, 5.74) is 4.07. The van der Waals surface area contributed by atoms with Crippen molar-refractivity contribution in [3.05, 3.63) is 83.1 Å². The van der Waals surface area contributed by atoms with E-state index in [1.165, 1.54) is 44.6 Å². The molecule has 166 valence electrons. The van der Waals surface area contributed by atoms with Crippen LogP contribution in [0.1, 0.15) is 26.5 Å². The summed E-state index contributed by atoms with van der Waals surface area (Å²) < 4.78 is 15.1. The Morgan fingerprint density at radius 3 is 2.30 bits per heavy atom. The number of rotatable bonds is 5. The summed E-state index contributed by atoms with van der Waals surface area (Å²) in [6.07, 6.45) is 1.34. The number of esters is 2. The zero-order valence-electron chi connectivity index (χ0n) is 17.7. The van der Waals surface area contributed by atoms with Gasteiger partial charge in [0.15, 0.2) is 0 Å². The maximum absolute atomic E-state index is 12.8. The number of nitrogens with one attached hydrogen (secondary N) is 1. The second kappa shape index (κ2) is 8.83. The van der Waals surface area contributed by atoms with E-state index >= 15 is 0 Å². The molecule has 1 fully saturated rings. The van der Waals surface area contributed by atoms with Gasteiger partial charge in [-0.15, -0.1) is 0 Å². The Balaban J connectivity index is 1.56. The monoisotopic (exact) mass is 446 g/mol. The van der Waals surface area contributed by atoms with Gasteiger partial charge < -0.3 is 13.9 Å². The van der Waals surface area contributed by atoms with Crippen molar-refractivity contribution in [1.29, 1.82) is 0 Å². The standard InChI is InChI=1S/C24H18N2O7/c1-31-23(29)14-6-8-17(9-7-14)26-22(28)19(21(27)25-26)13-18-10-11-20(33-18)15-4-3-5-16(12-15)24(30)32-2/h3-13H,1-2H3,(H,25,27)/b19-13-. The lowest BCUT2D eigenvalue weighted by Crippen LogP contribution is -2.35. The molecule has 33 heavy (non-hydrogen) atoms. The van der Waals surface area contributed by atoms with Crippen molar-refractivity contribution < 1.29 is 33.1 Å². The molecule has 1 aliphatic rings. The molecule has 0 aliphatic carbocycles. The average molecular weight is 446 g/mol. The summed E-state index contributed by atoms with van der Waals surface area (Å²) in [6.45, 7) is 0. The molecule has 4 rings (SSSR count). The van der Waals surface area contributed by atoms with Crippen LogP contribution < -0.4 is 10.4 Å². The molecule has 9 nitrogen and oxygen atoms in total. The van der Waals surface area contributed by atoms with E-state index in [9.17, 15) is 19.2 Å². The molecule has 0 saturated carbocycles. The normalized spacial score (nSPS) is 14.4. The maximum atomic E-state index is 12.8. The molecule has 2 amide bonds. The van der Waals surface area contributed by atoms with Gasteiger partial charge in [0.2, 0.25) is 0 Å². The van der Waals surface area contributed by atoms with Crippen LogP contribution in [0, 0.1) is 0 Å². The first-order chi connectivity index (χ1) is 15.9. The summed E-state index contributed by atoms with van der Waals surface area (Å²) in [7, 11) is 2.57. The lowest BCUT2D eigenvalue weighted by atomic mass is 10.1. The number of hydrogen-bond acceptors (Lipinski definition) is 7. The Bertz CT molecular complexity index is 1290. The molecular formula is C24H18N2O7. The predicted octanol–water partition coefficient (Wildman–Crippen LogP) is 2.98. The van der Waals surface area contributed by atoms with Gasteiger partial charge in [-0.1, -0.05) is 12.1 Å². The highest BCUT2D eigenvalue weighted by Crippen LogP contribution is 2.27. The maximum Gasteiger partial charge on any atom is 0.337 e. The van der Waals surface area contributed by atoms with Gasteiger partial charge in [0.1, 0.15) is 17.1 Å². The third kappa shape index (κ3) is 4.24. The van der Waals surface area contributed by atoms with E-state index in [4.69, 9.17) is 9.15 Å². The molecule has 0 bridgehead atoms. The molecule has 1 aliphatic heterocycles. The number of hydrazine groups is 1. The van der Waals surface area contributed by atoms with Crippen molar-refractivity contribution in [2.45, 2.75) is 0 Å². The smallest absolute Gasteiger partial charge is 0.337 e. The van der Waals surface area contributed by atoms with Gasteiger partial charge in [-0.3, -0.25) is 15.0 Å². The van der Waals surface area contributed by atoms with Gasteiger partial charge >= 0.3 is 11.9 Å². The van der Waals surface area contributed by atoms with Crippen molar-refractivity contribution in [3.63, 3.8) is 0 Å². The van der Waals surface area contributed by atoms with E-state index in [0.717, 1.165) is 5.01 Å². The second-order valence-electron chi connectivity index (χ2n) is 6.95. The van der Waals surface area contributed by atoms with Crippen LogP contribution in [-0.4, -0.2) is 38.0 Å². The SMILES string of the molecule is COC(=O)c1ccc(N2NC(=O)/C(=C/c3ccc(-c4cccc(C(=O)OC)c4)o3)C2=O)cc1. The fourth-order valence-electron chi connectivity index (χ4n) is 3.25. The van der Waals surface area contributed by atoms with Gasteiger partial charge in [-0.05, 0) is 54.6 Å². The van der Waals surface area contributed by atoms with E-state index in [2.05, 4.69) is 10.2 Å². The molecule has 1 saturated heterocycles. The third-order valence-electron chi connectivity index (χ3n) is 4.92. The van der Waals surface area contributed by atoms with Crippen LogP contribution in [0.3, 0.4) is 0 Å². The number of hydrogen-bond donors (Lipinski definition) is 1. The Labute approximate surface area is 188 Å². The van der Waals surface area contributed by atoms with Gasteiger partial charge in [0.05, 0.1) is 31.0 Å². The molecule has 3 aromatic rings. The topological polar surface area (TPSA) is 115 Å². The minimum atomic E-state index is -0.595. The largest absolute Gasteiger partial charge is 0.465 e. The number of carbonyl (C=O) groups is 4. The highest BCUT2D eigenvalue weighted by Gasteiger charge is 2.34. The first-order valence-electron chi connectivity index (χ1n) is 9.75. The minimum absolute atomic E-state index is 0.115. The van der Waals surface area contributed by atoms with E-state index in [1.807, 2.05) is 0 Å². The van der Waals surface area contributed by atoms with Crippen molar-refractivity contribution in [3.8, 4) is 11.3 Å². The second-order valence-corrected chi connectivity index (χ2v) is 6.95. The molecule has 0 spiro atoms. The number of furan rings is 1. The first-order valence-corrected chi connectivity index (χ1v) is 9.75. The molecule has 0 unspecified atom stereocenters. The van der Waals surface area contributed by atoms with Gasteiger partial charge in [-0.25, -0.2) is 14.6 Å². The fraction of sp³-hybridized carbons (Fsp3) is 0.0833. The lowest BCUT2D eigenvalue weighted by Gasteiger charge is -2.14. The summed E-state index contributed by atoms with van der Waals surface area (Å²) >= 11 is 0. The van der Waals surface area contributed by atoms with Crippen LogP contribution in [0.25, 0.3) is 17.4 Å². The lowest BCUT2D eigenvalue weighted by molar-refractivity contribution is -0.117. The number of benzene rings is 2. The quantitative estimate of drug-likeness (QED) is 0.364. The average Bonchev–Trinajstić information content (AvgIpc) is 3.43. The van der Waals surface area contributed by atoms with E-state index in [1.54, 1.807) is 36.4 Å². The van der Waals surface area contributed by atoms with Crippen molar-refractivity contribution in [1.82, 2.24) is 5.43 Å². The molecule has 2 aromatic carbocycles. The molecule has 1 N–H and O–H groups in total. The highest BCUT2D eigenvalue weighted by atomic mass is 16.5. The van der Waals surface area contributed by atoms with Gasteiger partial charge in [0.25, 0.3) is 11.8 Å². The van der Waals surface area contributed by atoms with E-state index in [0.29, 0.717) is 28.1 Å². The van der Waals surface area contributed by atoms with Crippen LogP contribution in [0.5, 0.6) is 0 Å². The Morgan fingerprint density at radius 2 is 1.61 bits per heavy atom. The number of nitrogens with zero attached hydrogens (tertiary/aromatic N) is 1. The predicted molar refractivity (Wildman–Crippen MR) is 117 cm³/mol. The molecular weight excluding hydrogens is 428 g/mol. The summed E-state index contributed by atoms with van der Waals surface area (Å²) in [5.74, 6) is -1.41. The van der Waals surface area contributed by atoms with Crippen molar-refractivity contribution >= 4 is 35.5 Å². The highest BCUT2D eigenvalue weighted by molar-refractivity contribution is 6.31. The zero-order chi connectivity index (χ0) is 23.5. The van der Waals surface area contributed by atoms with E-state index in [-0.39, 0.29) is 11.3 Å². The number of ether oxygens (including phenoxy) is 2. The molecule has 1 aromatic heterocycles. The molecule has 0 radical (unpaired) electrons. The first kappa shape index (κ1) is 21.6. The van der Waals surface area contributed by atoms with Crippen LogP contribution >= 0.6 is 0 Å². The Kier molecular flexibility index (Phi) is 5.77. The van der Waals surface area contributed by atoms with E-state index < -0.39 is 23.8 Å². The zero-order valence-corrected chi connectivity index (χ0v) is 17.7. The summed E-state index contributed by atoms with van der Waals surface area (Å²) in [6, 6.07) is 16.0. The number of amides is 2. The van der Waals surface area contributed by atoms with Crippen molar-refractivity contribution in [2.75, 3.05) is 19.2 Å². The number of methoxy groups -OCH3 is 2. The Morgan fingerprint density at radius 1 is 0.909 bits per heavy atom.